The minimum Gasteiger partial charge on any atom is -0.384 e. The van der Waals surface area contributed by atoms with Crippen LogP contribution in [0.2, 0.25) is 0 Å². The van der Waals surface area contributed by atoms with Crippen LogP contribution in [0, 0.1) is 0 Å². The van der Waals surface area contributed by atoms with E-state index in [1.54, 1.807) is 6.20 Å². The van der Waals surface area contributed by atoms with Gasteiger partial charge in [0.15, 0.2) is 0 Å². The molecule has 4 heteroatoms. The first-order chi connectivity index (χ1) is 8.66. The van der Waals surface area contributed by atoms with Gasteiger partial charge >= 0.3 is 0 Å². The molecular formula is C14H12BrN3. The second-order valence-corrected chi connectivity index (χ2v) is 5.09. The van der Waals surface area contributed by atoms with Crippen molar-refractivity contribution in [2.75, 3.05) is 5.73 Å². The normalized spacial score (nSPS) is 11.0. The molecule has 0 saturated heterocycles. The van der Waals surface area contributed by atoms with E-state index in [1.807, 2.05) is 24.3 Å². The number of benzene rings is 1. The van der Waals surface area contributed by atoms with Crippen molar-refractivity contribution in [2.24, 2.45) is 7.05 Å². The Balaban J connectivity index is 2.27. The molecule has 0 saturated carbocycles. The first kappa shape index (κ1) is 11.3. The zero-order valence-corrected chi connectivity index (χ0v) is 11.5. The standard InChI is InChI=1S/C14H12BrN3/c1-18-12-4-2-3-11(15)10(12)7-13(18)9-5-6-14(16)17-8-9/h2-8H,1H3,(H2,16,17). The van der Waals surface area contributed by atoms with Gasteiger partial charge in [-0.25, -0.2) is 4.98 Å². The molecule has 0 aliphatic carbocycles. The van der Waals surface area contributed by atoms with Crippen molar-refractivity contribution in [1.29, 1.82) is 0 Å². The number of hydrogen-bond acceptors (Lipinski definition) is 2. The van der Waals surface area contributed by atoms with Crippen molar-refractivity contribution in [3.63, 3.8) is 0 Å². The van der Waals surface area contributed by atoms with Gasteiger partial charge in [0.25, 0.3) is 0 Å². The number of hydrogen-bond donors (Lipinski definition) is 1. The van der Waals surface area contributed by atoms with Crippen molar-refractivity contribution >= 4 is 32.7 Å². The van der Waals surface area contributed by atoms with Crippen LogP contribution in [0.4, 0.5) is 5.82 Å². The van der Waals surface area contributed by atoms with E-state index < -0.39 is 0 Å². The molecular weight excluding hydrogens is 290 g/mol. The second kappa shape index (κ2) is 4.14. The molecule has 0 spiro atoms. The lowest BCUT2D eigenvalue weighted by molar-refractivity contribution is 0.977. The Labute approximate surface area is 113 Å². The maximum atomic E-state index is 5.62. The van der Waals surface area contributed by atoms with Crippen molar-refractivity contribution < 1.29 is 0 Å². The third-order valence-corrected chi connectivity index (χ3v) is 3.81. The van der Waals surface area contributed by atoms with E-state index >= 15 is 0 Å². The SMILES string of the molecule is Cn1c(-c2ccc(N)nc2)cc2c(Br)cccc21. The van der Waals surface area contributed by atoms with Crippen LogP contribution in [0.1, 0.15) is 0 Å². The molecule has 0 radical (unpaired) electrons. The second-order valence-electron chi connectivity index (χ2n) is 4.23. The van der Waals surface area contributed by atoms with E-state index in [-0.39, 0.29) is 0 Å². The largest absolute Gasteiger partial charge is 0.384 e. The molecule has 0 fully saturated rings. The number of aryl methyl sites for hydroxylation is 1. The molecule has 2 N–H and O–H groups in total. The zero-order chi connectivity index (χ0) is 12.7. The maximum absolute atomic E-state index is 5.62. The molecule has 18 heavy (non-hydrogen) atoms. The molecule has 0 atom stereocenters. The van der Waals surface area contributed by atoms with Crippen molar-refractivity contribution in [2.45, 2.75) is 0 Å². The highest BCUT2D eigenvalue weighted by Gasteiger charge is 2.09. The molecule has 3 aromatic rings. The first-order valence-electron chi connectivity index (χ1n) is 5.62. The number of aromatic nitrogens is 2. The topological polar surface area (TPSA) is 43.8 Å². The van der Waals surface area contributed by atoms with E-state index in [0.717, 1.165) is 15.7 Å². The van der Waals surface area contributed by atoms with Crippen molar-refractivity contribution in [3.05, 3.63) is 47.1 Å². The van der Waals surface area contributed by atoms with Gasteiger partial charge in [-0.15, -0.1) is 0 Å². The molecule has 0 aliphatic rings. The number of nitrogens with zero attached hydrogens (tertiary/aromatic N) is 2. The summed E-state index contributed by atoms with van der Waals surface area (Å²) in [5.74, 6) is 0.540. The number of nitrogen functional groups attached to an aromatic ring is 1. The molecule has 2 heterocycles. The molecule has 1 aromatic carbocycles. The average Bonchev–Trinajstić information content (AvgIpc) is 2.70. The Hall–Kier alpha value is -1.81. The molecule has 0 unspecified atom stereocenters. The monoisotopic (exact) mass is 301 g/mol. The van der Waals surface area contributed by atoms with Crippen molar-refractivity contribution in [3.8, 4) is 11.3 Å². The van der Waals surface area contributed by atoms with Gasteiger partial charge in [0.05, 0.1) is 5.69 Å². The summed E-state index contributed by atoms with van der Waals surface area (Å²) in [6, 6.07) is 12.2. The molecule has 2 aromatic heterocycles. The van der Waals surface area contributed by atoms with E-state index in [2.05, 4.69) is 44.7 Å². The number of pyridine rings is 1. The summed E-state index contributed by atoms with van der Waals surface area (Å²) in [7, 11) is 2.06. The third-order valence-electron chi connectivity index (χ3n) is 3.12. The van der Waals surface area contributed by atoms with Gasteiger partial charge in [-0.3, -0.25) is 0 Å². The summed E-state index contributed by atoms with van der Waals surface area (Å²) < 4.78 is 3.26. The van der Waals surface area contributed by atoms with Crippen LogP contribution in [-0.4, -0.2) is 9.55 Å². The third kappa shape index (κ3) is 1.69. The summed E-state index contributed by atoms with van der Waals surface area (Å²) in [6.07, 6.45) is 1.80. The molecule has 0 amide bonds. The van der Waals surface area contributed by atoms with E-state index in [9.17, 15) is 0 Å². The Morgan fingerprint density at radius 3 is 2.72 bits per heavy atom. The summed E-state index contributed by atoms with van der Waals surface area (Å²) in [6.45, 7) is 0. The summed E-state index contributed by atoms with van der Waals surface area (Å²) in [5.41, 5.74) is 9.00. The van der Waals surface area contributed by atoms with E-state index in [4.69, 9.17) is 5.73 Å². The van der Waals surface area contributed by atoms with E-state index in [0.29, 0.717) is 5.82 Å². The van der Waals surface area contributed by atoms with Gasteiger partial charge in [-0.1, -0.05) is 22.0 Å². The fourth-order valence-electron chi connectivity index (χ4n) is 2.16. The quantitative estimate of drug-likeness (QED) is 0.746. The van der Waals surface area contributed by atoms with Crippen LogP contribution in [0.3, 0.4) is 0 Å². The number of nitrogens with two attached hydrogens (primary N) is 1. The van der Waals surface area contributed by atoms with Gasteiger partial charge < -0.3 is 10.3 Å². The summed E-state index contributed by atoms with van der Waals surface area (Å²) in [5, 5.41) is 1.20. The van der Waals surface area contributed by atoms with Gasteiger partial charge in [0.2, 0.25) is 0 Å². The van der Waals surface area contributed by atoms with Crippen LogP contribution in [0.5, 0.6) is 0 Å². The fourth-order valence-corrected chi connectivity index (χ4v) is 2.63. The Morgan fingerprint density at radius 2 is 2.06 bits per heavy atom. The lowest BCUT2D eigenvalue weighted by Gasteiger charge is -2.04. The van der Waals surface area contributed by atoms with Gasteiger partial charge in [-0.05, 0) is 30.3 Å². The highest BCUT2D eigenvalue weighted by atomic mass is 79.9. The van der Waals surface area contributed by atoms with Crippen LogP contribution >= 0.6 is 15.9 Å². The van der Waals surface area contributed by atoms with Crippen LogP contribution in [0.15, 0.2) is 47.1 Å². The lowest BCUT2D eigenvalue weighted by atomic mass is 10.2. The fraction of sp³-hybridized carbons (Fsp3) is 0.0714. The highest BCUT2D eigenvalue weighted by molar-refractivity contribution is 9.10. The average molecular weight is 302 g/mol. The lowest BCUT2D eigenvalue weighted by Crippen LogP contribution is -1.93. The molecule has 90 valence electrons. The highest BCUT2D eigenvalue weighted by Crippen LogP contribution is 2.31. The number of fused-ring (bicyclic) bond motifs is 1. The number of halogens is 1. The molecule has 0 aliphatic heterocycles. The van der Waals surface area contributed by atoms with Crippen LogP contribution in [0.25, 0.3) is 22.2 Å². The Bertz CT molecular complexity index is 714. The first-order valence-corrected chi connectivity index (χ1v) is 6.42. The summed E-state index contributed by atoms with van der Waals surface area (Å²) >= 11 is 3.58. The smallest absolute Gasteiger partial charge is 0.123 e. The van der Waals surface area contributed by atoms with Crippen molar-refractivity contribution in [1.82, 2.24) is 9.55 Å². The number of anilines is 1. The predicted molar refractivity (Wildman–Crippen MR) is 78.3 cm³/mol. The summed E-state index contributed by atoms with van der Waals surface area (Å²) in [4.78, 5) is 4.14. The Kier molecular flexibility index (Phi) is 2.59. The zero-order valence-electron chi connectivity index (χ0n) is 9.89. The molecule has 3 rings (SSSR count). The molecule has 0 bridgehead atoms. The van der Waals surface area contributed by atoms with Gasteiger partial charge in [-0.2, -0.15) is 0 Å². The van der Waals surface area contributed by atoms with Crippen LogP contribution < -0.4 is 5.73 Å². The maximum Gasteiger partial charge on any atom is 0.123 e. The number of rotatable bonds is 1. The predicted octanol–water partition coefficient (Wildman–Crippen LogP) is 3.59. The minimum absolute atomic E-state index is 0.540. The van der Waals surface area contributed by atoms with Crippen LogP contribution in [-0.2, 0) is 7.05 Å². The minimum atomic E-state index is 0.540. The Morgan fingerprint density at radius 1 is 1.22 bits per heavy atom. The van der Waals surface area contributed by atoms with E-state index in [1.165, 1.54) is 10.9 Å². The van der Waals surface area contributed by atoms with Gasteiger partial charge in [0, 0.05) is 34.2 Å². The molecule has 3 nitrogen and oxygen atoms in total. The van der Waals surface area contributed by atoms with Gasteiger partial charge in [0.1, 0.15) is 5.82 Å².